The van der Waals surface area contributed by atoms with Crippen molar-refractivity contribution in [3.63, 3.8) is 0 Å². The average molecular weight is 387 g/mol. The largest absolute Gasteiger partial charge is 0.416 e. The van der Waals surface area contributed by atoms with Gasteiger partial charge in [-0.2, -0.15) is 13.2 Å². The number of amides is 1. The second kappa shape index (κ2) is 6.89. The first kappa shape index (κ1) is 18.4. The van der Waals surface area contributed by atoms with E-state index in [4.69, 9.17) is 0 Å². The Morgan fingerprint density at radius 2 is 1.68 bits per heavy atom. The van der Waals surface area contributed by atoms with Crippen LogP contribution in [0.3, 0.4) is 0 Å². The molecule has 0 spiro atoms. The monoisotopic (exact) mass is 387 g/mol. The van der Waals surface area contributed by atoms with Gasteiger partial charge in [-0.25, -0.2) is 0 Å². The van der Waals surface area contributed by atoms with E-state index in [-0.39, 0.29) is 11.9 Å². The number of alkyl halides is 3. The van der Waals surface area contributed by atoms with Crippen LogP contribution in [0.15, 0.2) is 61.2 Å². The molecule has 4 nitrogen and oxygen atoms in total. The maximum Gasteiger partial charge on any atom is 0.416 e. The summed E-state index contributed by atoms with van der Waals surface area (Å²) in [6.45, 7) is 6.03. The molecule has 2 heterocycles. The number of piperazine rings is 1. The van der Waals surface area contributed by atoms with E-state index in [0.717, 1.165) is 23.5 Å². The highest BCUT2D eigenvalue weighted by molar-refractivity contribution is 5.87. The third-order valence-corrected chi connectivity index (χ3v) is 5.35. The van der Waals surface area contributed by atoms with Crippen molar-refractivity contribution in [2.45, 2.75) is 12.2 Å². The molecule has 0 radical (unpaired) electrons. The molecule has 1 fully saturated rings. The van der Waals surface area contributed by atoms with Crippen LogP contribution in [-0.4, -0.2) is 43.0 Å². The molecular weight excluding hydrogens is 367 g/mol. The lowest BCUT2D eigenvalue weighted by atomic mass is 10.0. The van der Waals surface area contributed by atoms with Crippen molar-refractivity contribution < 1.29 is 18.0 Å². The van der Waals surface area contributed by atoms with Gasteiger partial charge in [0, 0.05) is 31.9 Å². The van der Waals surface area contributed by atoms with Crippen LogP contribution < -0.4 is 9.80 Å². The molecule has 2 aromatic carbocycles. The number of benzene rings is 2. The molecule has 7 heteroatoms. The summed E-state index contributed by atoms with van der Waals surface area (Å²) in [5.41, 5.74) is 2.03. The Morgan fingerprint density at radius 1 is 1.00 bits per heavy atom. The van der Waals surface area contributed by atoms with E-state index in [1.54, 1.807) is 4.90 Å². The van der Waals surface area contributed by atoms with Gasteiger partial charge >= 0.3 is 6.18 Å². The second-order valence-electron chi connectivity index (χ2n) is 6.98. The van der Waals surface area contributed by atoms with E-state index in [1.165, 1.54) is 18.2 Å². The Kier molecular flexibility index (Phi) is 4.53. The molecule has 1 atom stereocenters. The number of carbonyl (C=O) groups excluding carboxylic acids is 1. The van der Waals surface area contributed by atoms with Crippen LogP contribution in [0.4, 0.5) is 30.2 Å². The lowest BCUT2D eigenvalue weighted by molar-refractivity contribution is -0.137. The normalized spacial score (nSPS) is 19.1. The first-order valence-electron chi connectivity index (χ1n) is 9.10. The summed E-state index contributed by atoms with van der Waals surface area (Å²) in [6.07, 6.45) is -3.04. The number of nitrogens with zero attached hydrogens (tertiary/aromatic N) is 3. The number of para-hydroxylation sites is 2. The highest BCUT2D eigenvalue weighted by atomic mass is 19.4. The molecule has 0 saturated carbocycles. The summed E-state index contributed by atoms with van der Waals surface area (Å²) < 4.78 is 38.7. The van der Waals surface area contributed by atoms with Crippen molar-refractivity contribution >= 4 is 23.0 Å². The van der Waals surface area contributed by atoms with Gasteiger partial charge in [-0.3, -0.25) is 4.79 Å². The van der Waals surface area contributed by atoms with Crippen LogP contribution in [-0.2, 0) is 11.0 Å². The third kappa shape index (κ3) is 3.21. The molecule has 28 heavy (non-hydrogen) atoms. The predicted molar refractivity (Wildman–Crippen MR) is 103 cm³/mol. The highest BCUT2D eigenvalue weighted by Crippen LogP contribution is 2.41. The van der Waals surface area contributed by atoms with E-state index >= 15 is 0 Å². The van der Waals surface area contributed by atoms with Gasteiger partial charge < -0.3 is 14.7 Å². The molecule has 1 saturated heterocycles. The molecule has 2 aliphatic heterocycles. The fourth-order valence-electron chi connectivity index (χ4n) is 3.98. The number of hydrogen-bond acceptors (Lipinski definition) is 3. The molecule has 2 aliphatic rings. The van der Waals surface area contributed by atoms with E-state index < -0.39 is 11.7 Å². The number of anilines is 3. The van der Waals surface area contributed by atoms with Crippen LogP contribution in [0.1, 0.15) is 5.56 Å². The van der Waals surface area contributed by atoms with Gasteiger partial charge in [0.25, 0.3) is 0 Å². The predicted octanol–water partition coefficient (Wildman–Crippen LogP) is 4.06. The van der Waals surface area contributed by atoms with Crippen molar-refractivity contribution in [2.75, 3.05) is 36.0 Å². The van der Waals surface area contributed by atoms with Crippen LogP contribution in [0.25, 0.3) is 0 Å². The Labute approximate surface area is 161 Å². The van der Waals surface area contributed by atoms with Crippen molar-refractivity contribution in [1.29, 1.82) is 0 Å². The molecule has 0 bridgehead atoms. The molecule has 4 rings (SSSR count). The Balaban J connectivity index is 1.68. The maximum atomic E-state index is 12.9. The lowest BCUT2D eigenvalue weighted by Crippen LogP contribution is -2.60. The van der Waals surface area contributed by atoms with Crippen LogP contribution in [0.5, 0.6) is 0 Å². The van der Waals surface area contributed by atoms with Crippen molar-refractivity contribution in [3.8, 4) is 0 Å². The van der Waals surface area contributed by atoms with Gasteiger partial charge in [0.1, 0.15) is 0 Å². The molecule has 0 N–H and O–H groups in total. The number of hydrogen-bond donors (Lipinski definition) is 0. The van der Waals surface area contributed by atoms with E-state index in [2.05, 4.69) is 11.5 Å². The second-order valence-corrected chi connectivity index (χ2v) is 6.98. The fourth-order valence-corrected chi connectivity index (χ4v) is 3.98. The number of fused-ring (bicyclic) bond motifs is 3. The third-order valence-electron chi connectivity index (χ3n) is 5.35. The van der Waals surface area contributed by atoms with Crippen molar-refractivity contribution in [1.82, 2.24) is 4.90 Å². The van der Waals surface area contributed by atoms with Gasteiger partial charge in [0.05, 0.1) is 23.0 Å². The van der Waals surface area contributed by atoms with Gasteiger partial charge in [-0.05, 0) is 42.5 Å². The van der Waals surface area contributed by atoms with Gasteiger partial charge in [-0.15, -0.1) is 0 Å². The minimum Gasteiger partial charge on any atom is -0.361 e. The first-order chi connectivity index (χ1) is 13.4. The smallest absolute Gasteiger partial charge is 0.361 e. The minimum absolute atomic E-state index is 0.0508. The number of carbonyl (C=O) groups is 1. The van der Waals surface area contributed by atoms with Crippen LogP contribution in [0, 0.1) is 0 Å². The summed E-state index contributed by atoms with van der Waals surface area (Å²) in [5, 5.41) is 0. The summed E-state index contributed by atoms with van der Waals surface area (Å²) in [4.78, 5) is 18.1. The molecular formula is C21H20F3N3O. The standard InChI is InChI=1S/C21H20F3N3O/c1-2-20(28)25-11-12-26-17(13-25)14-27(19-6-4-3-5-18(19)26)16-9-7-15(8-10-16)21(22,23)24/h2-10,17H,1,11-14H2/t17-/m1/s1. The van der Waals surface area contributed by atoms with Crippen LogP contribution in [0.2, 0.25) is 0 Å². The SMILES string of the molecule is C=CC(=O)N1CCN2c3ccccc3N(c3ccc(C(F)(F)F)cc3)C[C@H]2C1. The molecule has 1 amide bonds. The van der Waals surface area contributed by atoms with E-state index in [0.29, 0.717) is 31.9 Å². The molecule has 0 unspecified atom stereocenters. The zero-order chi connectivity index (χ0) is 19.9. The molecule has 0 aliphatic carbocycles. The molecule has 2 aromatic rings. The topological polar surface area (TPSA) is 26.8 Å². The zero-order valence-electron chi connectivity index (χ0n) is 15.2. The van der Waals surface area contributed by atoms with E-state index in [1.807, 2.05) is 29.2 Å². The van der Waals surface area contributed by atoms with Gasteiger partial charge in [0.2, 0.25) is 5.91 Å². The number of rotatable bonds is 2. The maximum absolute atomic E-state index is 12.9. The Hall–Kier alpha value is -2.96. The summed E-state index contributed by atoms with van der Waals surface area (Å²) in [6, 6.07) is 13.2. The summed E-state index contributed by atoms with van der Waals surface area (Å²) in [5.74, 6) is -0.0976. The van der Waals surface area contributed by atoms with E-state index in [9.17, 15) is 18.0 Å². The zero-order valence-corrected chi connectivity index (χ0v) is 15.2. The quantitative estimate of drug-likeness (QED) is 0.727. The molecule has 0 aromatic heterocycles. The van der Waals surface area contributed by atoms with Gasteiger partial charge in [-0.1, -0.05) is 18.7 Å². The van der Waals surface area contributed by atoms with Crippen molar-refractivity contribution in [2.24, 2.45) is 0 Å². The first-order valence-corrected chi connectivity index (χ1v) is 9.10. The Bertz CT molecular complexity index is 895. The summed E-state index contributed by atoms with van der Waals surface area (Å²) >= 11 is 0. The van der Waals surface area contributed by atoms with Crippen LogP contribution >= 0.6 is 0 Å². The minimum atomic E-state index is -4.36. The molecule has 146 valence electrons. The number of halogens is 3. The Morgan fingerprint density at radius 3 is 2.32 bits per heavy atom. The highest BCUT2D eigenvalue weighted by Gasteiger charge is 2.36. The summed E-state index contributed by atoms with van der Waals surface area (Å²) in [7, 11) is 0. The van der Waals surface area contributed by atoms with Gasteiger partial charge in [0.15, 0.2) is 0 Å². The lowest BCUT2D eigenvalue weighted by Gasteiger charge is -2.49. The fraction of sp³-hybridized carbons (Fsp3) is 0.286. The van der Waals surface area contributed by atoms with Crippen molar-refractivity contribution in [3.05, 3.63) is 66.7 Å². The average Bonchev–Trinajstić information content (AvgIpc) is 2.71.